The smallest absolute Gasteiger partial charge is 0.164 e. The van der Waals surface area contributed by atoms with Crippen LogP contribution in [0.2, 0.25) is 0 Å². The first kappa shape index (κ1) is 26.9. The van der Waals surface area contributed by atoms with Gasteiger partial charge in [-0.3, -0.25) is 0 Å². The highest BCUT2D eigenvalue weighted by Gasteiger charge is 2.21. The van der Waals surface area contributed by atoms with Gasteiger partial charge in [-0.2, -0.15) is 0 Å². The number of furan rings is 1. The molecule has 0 aliphatic carbocycles. The monoisotopic (exact) mass is 734 g/mol. The Hall–Kier alpha value is -7.83. The fourth-order valence-corrected chi connectivity index (χ4v) is 8.37. The minimum Gasteiger partial charge on any atom is -0.456 e. The Labute approximate surface area is 333 Å². The normalized spacial score (nSPS) is 13.1. The number of rotatable bonds is 5. The maximum atomic E-state index is 8.92. The van der Waals surface area contributed by atoms with Crippen molar-refractivity contribution in [1.29, 1.82) is 0 Å². The zero-order valence-electron chi connectivity index (χ0n) is 35.2. The van der Waals surface area contributed by atoms with Gasteiger partial charge >= 0.3 is 0 Å². The zero-order chi connectivity index (χ0) is 41.8. The summed E-state index contributed by atoms with van der Waals surface area (Å²) in [5.74, 6) is 1.71. The molecular formula is C51H31N5O. The van der Waals surface area contributed by atoms with Crippen molar-refractivity contribution in [3.8, 4) is 45.5 Å². The van der Waals surface area contributed by atoms with E-state index in [2.05, 4.69) is 47.0 Å². The van der Waals surface area contributed by atoms with E-state index < -0.39 is 6.04 Å². The van der Waals surface area contributed by atoms with Gasteiger partial charge in [0, 0.05) is 66.4 Å². The Kier molecular flexibility index (Phi) is 5.82. The van der Waals surface area contributed by atoms with E-state index in [1.165, 1.54) is 0 Å². The Balaban J connectivity index is 1.08. The second-order valence-corrected chi connectivity index (χ2v) is 14.1. The number of aromatic nitrogens is 5. The summed E-state index contributed by atoms with van der Waals surface area (Å²) >= 11 is 0. The number of hydrogen-bond donors (Lipinski definition) is 0. The van der Waals surface area contributed by atoms with Crippen LogP contribution in [0.25, 0.3) is 111 Å². The van der Waals surface area contributed by atoms with Gasteiger partial charge in [-0.15, -0.1) is 0 Å². The van der Waals surface area contributed by atoms with E-state index in [0.717, 1.165) is 76.8 Å². The average Bonchev–Trinajstić information content (AvgIpc) is 3.97. The van der Waals surface area contributed by atoms with Gasteiger partial charge in [-0.25, -0.2) is 15.0 Å². The largest absolute Gasteiger partial charge is 0.456 e. The first-order valence-electron chi connectivity index (χ1n) is 21.2. The molecular weight excluding hydrogens is 699 g/mol. The standard InChI is InChI=1S/C51H31N5O/c1-4-15-32(16-5-1)49-52-50(33-17-6-2-7-18-33)54-51(53-49)39-23-14-26-46-48(39)38-28-27-35(29-47(38)57-46)56-43-25-13-11-22-37(43)41-30-44-40(31-45(41)56)36-21-10-12-24-42(36)55(44)34-19-8-3-9-20-34/h1-31H/i3D,8D,9D,19D,20D. The minimum absolute atomic E-state index is 0.115. The highest BCUT2D eigenvalue weighted by Crippen LogP contribution is 2.42. The maximum Gasteiger partial charge on any atom is 0.164 e. The van der Waals surface area contributed by atoms with Crippen molar-refractivity contribution < 1.29 is 11.3 Å². The molecule has 0 radical (unpaired) electrons. The second kappa shape index (κ2) is 12.3. The van der Waals surface area contributed by atoms with Crippen molar-refractivity contribution in [2.24, 2.45) is 0 Å². The Morgan fingerprint density at radius 2 is 0.965 bits per heavy atom. The molecule has 12 aromatic rings. The van der Waals surface area contributed by atoms with Gasteiger partial charge < -0.3 is 13.6 Å². The predicted molar refractivity (Wildman–Crippen MR) is 232 cm³/mol. The molecule has 0 saturated heterocycles. The van der Waals surface area contributed by atoms with Gasteiger partial charge in [0.15, 0.2) is 17.5 Å². The summed E-state index contributed by atoms with van der Waals surface area (Å²) in [6.45, 7) is 0. The molecule has 0 spiro atoms. The Bertz CT molecular complexity index is 3730. The summed E-state index contributed by atoms with van der Waals surface area (Å²) in [5, 5.41) is 5.58. The SMILES string of the molecule is [2H]c1c([2H])c([2H])c(-n2c3ccccc3c3cc4c(cc32)c2ccccc2n4-c2ccc3c(c2)oc2cccc(-c4nc(-c5ccccc5)nc(-c5ccccc5)n4)c23)c([2H])c1[2H]. The number of para-hydroxylation sites is 3. The van der Waals surface area contributed by atoms with Crippen molar-refractivity contribution in [1.82, 2.24) is 24.1 Å². The second-order valence-electron chi connectivity index (χ2n) is 14.1. The predicted octanol–water partition coefficient (Wildman–Crippen LogP) is 13.0. The van der Waals surface area contributed by atoms with Gasteiger partial charge in [0.25, 0.3) is 0 Å². The molecule has 0 aliphatic heterocycles. The molecule has 8 aromatic carbocycles. The molecule has 0 bridgehead atoms. The summed E-state index contributed by atoms with van der Waals surface area (Å²) in [4.78, 5) is 15.0. The first-order chi connectivity index (χ1) is 30.3. The average molecular weight is 735 g/mol. The van der Waals surface area contributed by atoms with Crippen molar-refractivity contribution in [3.05, 3.63) is 188 Å². The van der Waals surface area contributed by atoms with Crippen molar-refractivity contribution >= 4 is 65.6 Å². The lowest BCUT2D eigenvalue weighted by atomic mass is 10.0. The van der Waals surface area contributed by atoms with Crippen LogP contribution < -0.4 is 0 Å². The molecule has 4 heterocycles. The summed E-state index contributed by atoms with van der Waals surface area (Å²) < 4.78 is 53.8. The molecule has 6 nitrogen and oxygen atoms in total. The first-order valence-corrected chi connectivity index (χ1v) is 18.7. The van der Waals surface area contributed by atoms with Crippen LogP contribution in [0.3, 0.4) is 0 Å². The molecule has 0 N–H and O–H groups in total. The van der Waals surface area contributed by atoms with E-state index in [9.17, 15) is 0 Å². The summed E-state index contributed by atoms with van der Waals surface area (Å²) in [6, 6.07) is 50.7. The molecule has 0 atom stereocenters. The van der Waals surface area contributed by atoms with Crippen LogP contribution >= 0.6 is 0 Å². The van der Waals surface area contributed by atoms with E-state index in [-0.39, 0.29) is 29.9 Å². The number of hydrogen-bond acceptors (Lipinski definition) is 4. The van der Waals surface area contributed by atoms with Crippen LogP contribution in [0.4, 0.5) is 0 Å². The van der Waals surface area contributed by atoms with Crippen molar-refractivity contribution in [3.63, 3.8) is 0 Å². The summed E-state index contributed by atoms with van der Waals surface area (Å²) in [6.07, 6.45) is 0. The topological polar surface area (TPSA) is 61.7 Å². The van der Waals surface area contributed by atoms with E-state index in [0.29, 0.717) is 28.6 Å². The highest BCUT2D eigenvalue weighted by molar-refractivity contribution is 6.19. The quantitative estimate of drug-likeness (QED) is 0.177. The molecule has 12 rings (SSSR count). The molecule has 6 heteroatoms. The highest BCUT2D eigenvalue weighted by atomic mass is 16.3. The molecule has 57 heavy (non-hydrogen) atoms. The number of benzene rings is 8. The minimum atomic E-state index is -0.423. The molecule has 0 saturated carbocycles. The van der Waals surface area contributed by atoms with Gasteiger partial charge in [-0.05, 0) is 54.5 Å². The van der Waals surface area contributed by atoms with Gasteiger partial charge in [0.1, 0.15) is 11.2 Å². The van der Waals surface area contributed by atoms with Gasteiger partial charge in [0.05, 0.1) is 28.9 Å². The van der Waals surface area contributed by atoms with Crippen LogP contribution in [0.1, 0.15) is 6.85 Å². The van der Waals surface area contributed by atoms with Crippen molar-refractivity contribution in [2.45, 2.75) is 0 Å². The van der Waals surface area contributed by atoms with Crippen LogP contribution in [-0.4, -0.2) is 24.1 Å². The molecule has 0 fully saturated rings. The molecule has 0 unspecified atom stereocenters. The van der Waals surface area contributed by atoms with Crippen LogP contribution in [0, 0.1) is 0 Å². The van der Waals surface area contributed by atoms with Crippen molar-refractivity contribution in [2.75, 3.05) is 0 Å². The third-order valence-corrected chi connectivity index (χ3v) is 10.9. The third-order valence-electron chi connectivity index (χ3n) is 10.9. The Morgan fingerprint density at radius 3 is 1.60 bits per heavy atom. The lowest BCUT2D eigenvalue weighted by Crippen LogP contribution is -2.00. The lowest BCUT2D eigenvalue weighted by molar-refractivity contribution is 0.668. The number of fused-ring (bicyclic) bond motifs is 9. The Morgan fingerprint density at radius 1 is 0.404 bits per heavy atom. The zero-order valence-corrected chi connectivity index (χ0v) is 30.2. The van der Waals surface area contributed by atoms with Crippen LogP contribution in [0.5, 0.6) is 0 Å². The van der Waals surface area contributed by atoms with E-state index in [4.69, 9.17) is 26.2 Å². The third kappa shape index (κ3) is 4.87. The fourth-order valence-electron chi connectivity index (χ4n) is 8.37. The van der Waals surface area contributed by atoms with Crippen LogP contribution in [0.15, 0.2) is 192 Å². The van der Waals surface area contributed by atoms with E-state index in [1.807, 2.05) is 120 Å². The van der Waals surface area contributed by atoms with Gasteiger partial charge in [0.2, 0.25) is 0 Å². The van der Waals surface area contributed by atoms with Gasteiger partial charge in [-0.1, -0.05) is 127 Å². The summed E-state index contributed by atoms with van der Waals surface area (Å²) in [7, 11) is 0. The lowest BCUT2D eigenvalue weighted by Gasteiger charge is -2.10. The molecule has 0 aliphatic rings. The molecule has 266 valence electrons. The summed E-state index contributed by atoms with van der Waals surface area (Å²) in [5.41, 5.74) is 8.47. The molecule has 0 amide bonds. The fraction of sp³-hybridized carbons (Fsp3) is 0. The molecule has 4 aromatic heterocycles. The van der Waals surface area contributed by atoms with Crippen LogP contribution in [-0.2, 0) is 0 Å². The van der Waals surface area contributed by atoms with E-state index >= 15 is 0 Å². The van der Waals surface area contributed by atoms with E-state index in [1.54, 1.807) is 0 Å². The maximum absolute atomic E-state index is 8.92. The number of nitrogens with zero attached hydrogens (tertiary/aromatic N) is 5.